The van der Waals surface area contributed by atoms with Crippen molar-refractivity contribution in [3.8, 4) is 0 Å². The predicted octanol–water partition coefficient (Wildman–Crippen LogP) is 2.48. The van der Waals surface area contributed by atoms with Crippen LogP contribution in [-0.2, 0) is 13.1 Å². The van der Waals surface area contributed by atoms with Crippen molar-refractivity contribution in [2.24, 2.45) is 0 Å². The quantitative estimate of drug-likeness (QED) is 0.743. The van der Waals surface area contributed by atoms with Gasteiger partial charge < -0.3 is 0 Å². The van der Waals surface area contributed by atoms with E-state index in [2.05, 4.69) is 0 Å². The maximum atomic E-state index is 12.4. The molecule has 4 nitrogen and oxygen atoms in total. The van der Waals surface area contributed by atoms with Crippen LogP contribution in [0, 0.1) is 6.92 Å². The van der Waals surface area contributed by atoms with E-state index >= 15 is 0 Å². The summed E-state index contributed by atoms with van der Waals surface area (Å²) in [6.07, 6.45) is 0. The van der Waals surface area contributed by atoms with E-state index in [4.69, 9.17) is 0 Å². The van der Waals surface area contributed by atoms with Gasteiger partial charge in [-0.15, -0.1) is 0 Å². The molecule has 0 N–H and O–H groups in total. The van der Waals surface area contributed by atoms with E-state index in [0.29, 0.717) is 13.1 Å². The third-order valence-corrected chi connectivity index (χ3v) is 4.37. The fourth-order valence-corrected chi connectivity index (χ4v) is 3.07. The van der Waals surface area contributed by atoms with Crippen LogP contribution in [-0.4, -0.2) is 8.52 Å². The van der Waals surface area contributed by atoms with Crippen molar-refractivity contribution >= 4 is 11.5 Å². The number of hydrogen-bond acceptors (Lipinski definition) is 3. The van der Waals surface area contributed by atoms with Crippen LogP contribution in [0.3, 0.4) is 0 Å². The molecule has 0 spiro atoms. The molecule has 0 aliphatic rings. The van der Waals surface area contributed by atoms with Gasteiger partial charge in [-0.1, -0.05) is 60.2 Å². The SMILES string of the molecule is Cc1ccc(Cn2sc(=O)n(Cc3ccccc3)c2=O)cc1. The molecule has 0 atom stereocenters. The summed E-state index contributed by atoms with van der Waals surface area (Å²) in [7, 11) is 0. The van der Waals surface area contributed by atoms with Crippen LogP contribution in [0.1, 0.15) is 16.7 Å². The fourth-order valence-electron chi connectivity index (χ4n) is 2.25. The zero-order valence-corrected chi connectivity index (χ0v) is 13.0. The minimum absolute atomic E-state index is 0.221. The molecule has 0 bridgehead atoms. The van der Waals surface area contributed by atoms with Gasteiger partial charge in [-0.2, -0.15) is 0 Å². The Bertz CT molecular complexity index is 874. The highest BCUT2D eigenvalue weighted by Crippen LogP contribution is 2.06. The van der Waals surface area contributed by atoms with Gasteiger partial charge in [0.05, 0.1) is 13.1 Å². The van der Waals surface area contributed by atoms with Crippen molar-refractivity contribution in [3.05, 3.63) is 91.4 Å². The summed E-state index contributed by atoms with van der Waals surface area (Å²) in [4.78, 5) is 24.3. The molecule has 0 saturated carbocycles. The first kappa shape index (κ1) is 14.5. The lowest BCUT2D eigenvalue weighted by Crippen LogP contribution is -2.29. The zero-order chi connectivity index (χ0) is 15.5. The summed E-state index contributed by atoms with van der Waals surface area (Å²) in [5.41, 5.74) is 2.88. The van der Waals surface area contributed by atoms with E-state index in [-0.39, 0.29) is 10.6 Å². The van der Waals surface area contributed by atoms with Gasteiger partial charge in [0.25, 0.3) is 0 Å². The maximum absolute atomic E-state index is 12.4. The van der Waals surface area contributed by atoms with Crippen LogP contribution >= 0.6 is 11.5 Å². The average molecular weight is 312 g/mol. The average Bonchev–Trinajstić information content (AvgIpc) is 2.78. The first-order valence-electron chi connectivity index (χ1n) is 7.04. The highest BCUT2D eigenvalue weighted by Gasteiger charge is 2.10. The van der Waals surface area contributed by atoms with E-state index in [1.165, 1.54) is 14.1 Å². The second kappa shape index (κ2) is 6.15. The Hall–Kier alpha value is -2.40. The van der Waals surface area contributed by atoms with Crippen molar-refractivity contribution in [1.29, 1.82) is 0 Å². The smallest absolute Gasteiger partial charge is 0.255 e. The van der Waals surface area contributed by atoms with E-state index in [1.807, 2.05) is 61.5 Å². The van der Waals surface area contributed by atoms with Gasteiger partial charge in [0.1, 0.15) is 0 Å². The van der Waals surface area contributed by atoms with Gasteiger partial charge in [0.2, 0.25) is 0 Å². The summed E-state index contributed by atoms with van der Waals surface area (Å²) in [5, 5.41) is 0. The Labute approximate surface area is 132 Å². The topological polar surface area (TPSA) is 44.0 Å². The van der Waals surface area contributed by atoms with Gasteiger partial charge in [0.15, 0.2) is 0 Å². The first-order chi connectivity index (χ1) is 10.6. The lowest BCUT2D eigenvalue weighted by Gasteiger charge is -2.02. The van der Waals surface area contributed by atoms with Crippen molar-refractivity contribution < 1.29 is 0 Å². The third-order valence-electron chi connectivity index (χ3n) is 3.48. The van der Waals surface area contributed by atoms with Gasteiger partial charge in [0, 0.05) is 11.5 Å². The molecule has 2 aromatic carbocycles. The zero-order valence-electron chi connectivity index (χ0n) is 12.2. The maximum Gasteiger partial charge on any atom is 0.341 e. The molecule has 1 heterocycles. The highest BCUT2D eigenvalue weighted by molar-refractivity contribution is 7.03. The minimum Gasteiger partial charge on any atom is -0.255 e. The number of hydrogen-bond donors (Lipinski definition) is 0. The van der Waals surface area contributed by atoms with Crippen molar-refractivity contribution in [1.82, 2.24) is 8.52 Å². The lowest BCUT2D eigenvalue weighted by atomic mass is 10.1. The summed E-state index contributed by atoms with van der Waals surface area (Å²) >= 11 is 0.971. The Balaban J connectivity index is 1.88. The number of benzene rings is 2. The molecule has 3 aromatic rings. The standard InChI is InChI=1S/C17H16N2O2S/c1-13-7-9-15(10-8-13)12-19-16(20)18(17(21)22-19)11-14-5-3-2-4-6-14/h2-10H,11-12H2,1H3. The fraction of sp³-hybridized carbons (Fsp3) is 0.176. The Kier molecular flexibility index (Phi) is 4.06. The summed E-state index contributed by atoms with van der Waals surface area (Å²) in [5.74, 6) is 0. The Morgan fingerprint density at radius 1 is 0.864 bits per heavy atom. The lowest BCUT2D eigenvalue weighted by molar-refractivity contribution is 0.685. The monoisotopic (exact) mass is 312 g/mol. The molecule has 0 unspecified atom stereocenters. The van der Waals surface area contributed by atoms with Crippen LogP contribution in [0.5, 0.6) is 0 Å². The summed E-state index contributed by atoms with van der Waals surface area (Å²) < 4.78 is 2.80. The van der Waals surface area contributed by atoms with Crippen molar-refractivity contribution in [3.63, 3.8) is 0 Å². The molecule has 0 saturated heterocycles. The largest absolute Gasteiger partial charge is 0.341 e. The van der Waals surface area contributed by atoms with E-state index < -0.39 is 0 Å². The molecule has 0 fully saturated rings. The minimum atomic E-state index is -0.251. The Morgan fingerprint density at radius 2 is 1.50 bits per heavy atom. The Morgan fingerprint density at radius 3 is 2.18 bits per heavy atom. The summed E-state index contributed by atoms with van der Waals surface area (Å²) in [6, 6.07) is 17.5. The highest BCUT2D eigenvalue weighted by atomic mass is 32.1. The van der Waals surface area contributed by atoms with Crippen LogP contribution in [0.4, 0.5) is 0 Å². The normalized spacial score (nSPS) is 10.8. The first-order valence-corrected chi connectivity index (χ1v) is 7.81. The van der Waals surface area contributed by atoms with E-state index in [9.17, 15) is 9.59 Å². The molecule has 1 aromatic heterocycles. The van der Waals surface area contributed by atoms with Crippen LogP contribution in [0.2, 0.25) is 0 Å². The molecule has 0 radical (unpaired) electrons. The molecule has 22 heavy (non-hydrogen) atoms. The molecular formula is C17H16N2O2S. The van der Waals surface area contributed by atoms with Crippen LogP contribution < -0.4 is 10.6 Å². The van der Waals surface area contributed by atoms with Crippen molar-refractivity contribution in [2.45, 2.75) is 20.0 Å². The predicted molar refractivity (Wildman–Crippen MR) is 88.7 cm³/mol. The van der Waals surface area contributed by atoms with Gasteiger partial charge in [-0.3, -0.25) is 4.79 Å². The molecule has 112 valence electrons. The molecular weight excluding hydrogens is 296 g/mol. The second-order valence-corrected chi connectivity index (χ2v) is 6.21. The second-order valence-electron chi connectivity index (χ2n) is 5.23. The summed E-state index contributed by atoms with van der Waals surface area (Å²) in [6.45, 7) is 2.77. The molecule has 0 amide bonds. The number of rotatable bonds is 4. The molecule has 0 aliphatic heterocycles. The van der Waals surface area contributed by atoms with Crippen molar-refractivity contribution in [2.75, 3.05) is 0 Å². The third kappa shape index (κ3) is 3.09. The van der Waals surface area contributed by atoms with Gasteiger partial charge in [-0.05, 0) is 18.1 Å². The number of aryl methyl sites for hydroxylation is 1. The van der Waals surface area contributed by atoms with Gasteiger partial charge >= 0.3 is 10.6 Å². The van der Waals surface area contributed by atoms with Gasteiger partial charge in [-0.25, -0.2) is 13.3 Å². The van der Waals surface area contributed by atoms with E-state index in [0.717, 1.165) is 22.7 Å². The molecule has 0 aliphatic carbocycles. The molecule has 3 rings (SSSR count). The number of nitrogens with zero attached hydrogens (tertiary/aromatic N) is 2. The number of aromatic nitrogens is 2. The van der Waals surface area contributed by atoms with Crippen LogP contribution in [0.15, 0.2) is 64.2 Å². The molecule has 5 heteroatoms. The van der Waals surface area contributed by atoms with Crippen LogP contribution in [0.25, 0.3) is 0 Å². The van der Waals surface area contributed by atoms with E-state index in [1.54, 1.807) is 0 Å².